The van der Waals surface area contributed by atoms with E-state index in [0.29, 0.717) is 12.3 Å². The summed E-state index contributed by atoms with van der Waals surface area (Å²) in [6.45, 7) is -1.64. The van der Waals surface area contributed by atoms with Crippen LogP contribution in [0, 0.1) is 0 Å². The first kappa shape index (κ1) is 19.2. The normalized spacial score (nSPS) is 11.1. The minimum atomic E-state index is -4.96. The van der Waals surface area contributed by atoms with Crippen LogP contribution in [-0.2, 0) is 6.54 Å². The fourth-order valence-corrected chi connectivity index (χ4v) is 1.59. The van der Waals surface area contributed by atoms with E-state index in [2.05, 4.69) is 6.58 Å². The number of rotatable bonds is 6. The fraction of sp³-hybridized carbons (Fsp3) is 0.333. The zero-order valence-corrected chi connectivity index (χ0v) is 14.6. The molecule has 19 heavy (non-hydrogen) atoms. The molecule has 0 spiro atoms. The Bertz CT molecular complexity index is 426. The van der Waals surface area contributed by atoms with Gasteiger partial charge in [0.2, 0.25) is 0 Å². The number of benzene rings is 1. The summed E-state index contributed by atoms with van der Waals surface area (Å²) >= 11 is 0. The van der Waals surface area contributed by atoms with Gasteiger partial charge in [-0.1, -0.05) is 12.1 Å². The molecule has 1 aromatic rings. The van der Waals surface area contributed by atoms with E-state index in [1.807, 2.05) is 12.1 Å². The number of nitrogens with zero attached hydrogens (tertiary/aromatic N) is 1. The molecule has 0 atom stereocenters. The maximum atomic E-state index is 12.4. The molecular weight excluding hydrogens is 281 g/mol. The van der Waals surface area contributed by atoms with Crippen molar-refractivity contribution in [2.45, 2.75) is 6.54 Å². The van der Waals surface area contributed by atoms with Crippen molar-refractivity contribution < 1.29 is 69.1 Å². The van der Waals surface area contributed by atoms with Gasteiger partial charge in [0.1, 0.15) is 5.75 Å². The van der Waals surface area contributed by atoms with Crippen LogP contribution in [0.4, 0.5) is 12.9 Å². The summed E-state index contributed by atoms with van der Waals surface area (Å²) in [5.74, 6) is 0.694. The SMILES string of the molecule is C=C(CN(C)Cc1cccc(OC)c1)[B-](F)(F)F.[K+]. The Labute approximate surface area is 154 Å². The molecule has 0 saturated heterocycles. The molecule has 1 rings (SSSR count). The van der Waals surface area contributed by atoms with Crippen molar-refractivity contribution in [1.82, 2.24) is 4.90 Å². The average Bonchev–Trinajstić information content (AvgIpc) is 2.27. The van der Waals surface area contributed by atoms with Crippen molar-refractivity contribution in [2.24, 2.45) is 0 Å². The summed E-state index contributed by atoms with van der Waals surface area (Å²) in [4.78, 5) is 1.58. The van der Waals surface area contributed by atoms with E-state index < -0.39 is 12.4 Å². The molecule has 0 heterocycles. The van der Waals surface area contributed by atoms with Crippen LogP contribution in [-0.4, -0.2) is 32.6 Å². The van der Waals surface area contributed by atoms with Crippen LogP contribution in [0.25, 0.3) is 0 Å². The Morgan fingerprint density at radius 1 is 1.37 bits per heavy atom. The molecule has 100 valence electrons. The predicted molar refractivity (Wildman–Crippen MR) is 67.5 cm³/mol. The molecule has 7 heteroatoms. The van der Waals surface area contributed by atoms with E-state index in [4.69, 9.17) is 4.74 Å². The summed E-state index contributed by atoms with van der Waals surface area (Å²) in [6.07, 6.45) is 0. The maximum Gasteiger partial charge on any atom is 1.00 e. The standard InChI is InChI=1S/C12H16BF3NO.K/c1-10(13(14,15)16)8-17(2)9-11-5-4-6-12(7-11)18-3;/h4-7H,1,8-9H2,2-3H3;/q-1;+1. The molecule has 0 aromatic heterocycles. The molecule has 0 aliphatic heterocycles. The van der Waals surface area contributed by atoms with E-state index in [-0.39, 0.29) is 57.9 Å². The van der Waals surface area contributed by atoms with Crippen molar-refractivity contribution in [3.8, 4) is 5.75 Å². The summed E-state index contributed by atoms with van der Waals surface area (Å²) < 4.78 is 42.2. The smallest absolute Gasteiger partial charge is 0.497 e. The molecule has 0 aliphatic carbocycles. The van der Waals surface area contributed by atoms with Gasteiger partial charge < -0.3 is 22.6 Å². The van der Waals surface area contributed by atoms with Crippen molar-refractivity contribution >= 4 is 6.98 Å². The summed E-state index contributed by atoms with van der Waals surface area (Å²) in [5, 5.41) is 0. The molecule has 0 radical (unpaired) electrons. The van der Waals surface area contributed by atoms with Crippen LogP contribution in [0.5, 0.6) is 5.75 Å². The Morgan fingerprint density at radius 3 is 2.53 bits per heavy atom. The summed E-state index contributed by atoms with van der Waals surface area (Å²) in [7, 11) is 3.18. The second-order valence-electron chi connectivity index (χ2n) is 4.26. The first-order valence-corrected chi connectivity index (χ1v) is 5.52. The van der Waals surface area contributed by atoms with Crippen LogP contribution >= 0.6 is 0 Å². The zero-order chi connectivity index (χ0) is 13.8. The van der Waals surface area contributed by atoms with Crippen molar-refractivity contribution in [1.29, 1.82) is 0 Å². The monoisotopic (exact) mass is 297 g/mol. The van der Waals surface area contributed by atoms with Crippen LogP contribution in [0.3, 0.4) is 0 Å². The van der Waals surface area contributed by atoms with Crippen molar-refractivity contribution in [2.75, 3.05) is 20.7 Å². The Kier molecular flexibility index (Phi) is 8.58. The second-order valence-corrected chi connectivity index (χ2v) is 4.26. The number of methoxy groups -OCH3 is 1. The van der Waals surface area contributed by atoms with Gasteiger partial charge in [-0.15, -0.1) is 12.1 Å². The van der Waals surface area contributed by atoms with Gasteiger partial charge in [-0.2, -0.15) is 0 Å². The minimum Gasteiger partial charge on any atom is -0.497 e. The van der Waals surface area contributed by atoms with Crippen LogP contribution in [0.2, 0.25) is 0 Å². The first-order chi connectivity index (χ1) is 8.32. The molecule has 0 fully saturated rings. The molecule has 0 N–H and O–H groups in total. The average molecular weight is 297 g/mol. The molecule has 2 nitrogen and oxygen atoms in total. The number of hydrogen-bond donors (Lipinski definition) is 0. The van der Waals surface area contributed by atoms with Crippen molar-refractivity contribution in [3.05, 3.63) is 41.9 Å². The van der Waals surface area contributed by atoms with E-state index in [1.165, 1.54) is 0 Å². The van der Waals surface area contributed by atoms with Crippen LogP contribution in [0.1, 0.15) is 5.56 Å². The molecule has 1 aromatic carbocycles. The summed E-state index contributed by atoms with van der Waals surface area (Å²) in [6, 6.07) is 7.25. The maximum absolute atomic E-state index is 12.4. The second kappa shape index (κ2) is 8.49. The topological polar surface area (TPSA) is 12.5 Å². The summed E-state index contributed by atoms with van der Waals surface area (Å²) in [5.41, 5.74) is 0.222. The van der Waals surface area contributed by atoms with Crippen LogP contribution < -0.4 is 56.1 Å². The third-order valence-electron chi connectivity index (χ3n) is 2.52. The zero-order valence-electron chi connectivity index (χ0n) is 11.5. The van der Waals surface area contributed by atoms with Gasteiger partial charge >= 0.3 is 58.4 Å². The Hall–Kier alpha value is 0.211. The van der Waals surface area contributed by atoms with E-state index >= 15 is 0 Å². The van der Waals surface area contributed by atoms with E-state index in [1.54, 1.807) is 31.2 Å². The largest absolute Gasteiger partial charge is 1.00 e. The van der Waals surface area contributed by atoms with Gasteiger partial charge in [0.15, 0.2) is 0 Å². The number of hydrogen-bond acceptors (Lipinski definition) is 2. The van der Waals surface area contributed by atoms with Gasteiger partial charge in [0.05, 0.1) is 7.11 Å². The molecule has 0 amide bonds. The number of halogens is 3. The Morgan fingerprint density at radius 2 is 2.00 bits per heavy atom. The van der Waals surface area contributed by atoms with Crippen molar-refractivity contribution in [3.63, 3.8) is 0 Å². The van der Waals surface area contributed by atoms with Gasteiger partial charge in [-0.3, -0.25) is 0 Å². The van der Waals surface area contributed by atoms with Gasteiger partial charge in [0, 0.05) is 6.54 Å². The first-order valence-electron chi connectivity index (χ1n) is 5.52. The number of ether oxygens (including phenoxy) is 1. The van der Waals surface area contributed by atoms with E-state index in [0.717, 1.165) is 5.56 Å². The molecule has 0 unspecified atom stereocenters. The predicted octanol–water partition coefficient (Wildman–Crippen LogP) is 0.0738. The van der Waals surface area contributed by atoms with Crippen LogP contribution in [0.15, 0.2) is 36.3 Å². The van der Waals surface area contributed by atoms with Gasteiger partial charge in [-0.25, -0.2) is 0 Å². The Balaban J connectivity index is 0.00000324. The van der Waals surface area contributed by atoms with Gasteiger partial charge in [0.25, 0.3) is 0 Å². The molecule has 0 aliphatic rings. The third kappa shape index (κ3) is 6.97. The molecule has 0 bridgehead atoms. The minimum absolute atomic E-state index is 0. The third-order valence-corrected chi connectivity index (χ3v) is 2.52. The fourth-order valence-electron chi connectivity index (χ4n) is 1.59. The van der Waals surface area contributed by atoms with Gasteiger partial charge in [-0.05, 0) is 31.3 Å². The quantitative estimate of drug-likeness (QED) is 0.689. The van der Waals surface area contributed by atoms with E-state index in [9.17, 15) is 12.9 Å². The number of likely N-dealkylation sites (N-methyl/N-ethyl adjacent to an activating group) is 1. The molecule has 0 saturated carbocycles. The molecular formula is C12H16BF3KNO.